The first-order chi connectivity index (χ1) is 27.3. The molecule has 1 nitrogen and oxygen atoms in total. The number of para-hydroxylation sites is 1. The van der Waals surface area contributed by atoms with Gasteiger partial charge >= 0.3 is 0 Å². The molecule has 0 bridgehead atoms. The van der Waals surface area contributed by atoms with Crippen molar-refractivity contribution in [3.05, 3.63) is 200 Å². The fourth-order valence-corrected chi connectivity index (χ4v) is 9.50. The quantitative estimate of drug-likeness (QED) is 0.166. The predicted molar refractivity (Wildman–Crippen MR) is 238 cm³/mol. The van der Waals surface area contributed by atoms with Crippen LogP contribution < -0.4 is 4.90 Å². The summed E-state index contributed by atoms with van der Waals surface area (Å²) in [6.07, 6.45) is 0. The Bertz CT molecular complexity index is 3460. The Balaban J connectivity index is 1.14. The van der Waals surface area contributed by atoms with E-state index in [0.717, 1.165) is 17.1 Å². The molecular weight excluding hydrogens is 663 g/mol. The van der Waals surface area contributed by atoms with Crippen LogP contribution in [-0.2, 0) is 0 Å². The van der Waals surface area contributed by atoms with Crippen LogP contribution in [0.2, 0.25) is 0 Å². The van der Waals surface area contributed by atoms with Gasteiger partial charge in [-0.25, -0.2) is 0 Å². The zero-order chi connectivity index (χ0) is 36.0. The summed E-state index contributed by atoms with van der Waals surface area (Å²) in [7, 11) is 0. The van der Waals surface area contributed by atoms with E-state index < -0.39 is 0 Å². The molecule has 254 valence electrons. The molecule has 0 aromatic heterocycles. The first kappa shape index (κ1) is 30.3. The van der Waals surface area contributed by atoms with Gasteiger partial charge in [-0.05, 0) is 140 Å². The lowest BCUT2D eigenvalue weighted by Gasteiger charge is -2.27. The van der Waals surface area contributed by atoms with Crippen molar-refractivity contribution in [2.75, 3.05) is 4.90 Å². The minimum atomic E-state index is 1.12. The van der Waals surface area contributed by atoms with Gasteiger partial charge in [0.05, 0.1) is 0 Å². The molecule has 0 aliphatic heterocycles. The average molecular weight is 696 g/mol. The van der Waals surface area contributed by atoms with Gasteiger partial charge in [-0.15, -0.1) is 0 Å². The lowest BCUT2D eigenvalue weighted by atomic mass is 9.87. The van der Waals surface area contributed by atoms with Gasteiger partial charge in [-0.3, -0.25) is 0 Å². The largest absolute Gasteiger partial charge is 0.310 e. The third-order valence-corrected chi connectivity index (χ3v) is 11.9. The Hall–Kier alpha value is -7.22. The van der Waals surface area contributed by atoms with Crippen LogP contribution in [0.4, 0.5) is 17.1 Å². The maximum atomic E-state index is 2.44. The Morgan fingerprint density at radius 3 is 1.36 bits per heavy atom. The van der Waals surface area contributed by atoms with E-state index >= 15 is 0 Å². The van der Waals surface area contributed by atoms with Crippen molar-refractivity contribution in [3.63, 3.8) is 0 Å². The molecule has 55 heavy (non-hydrogen) atoms. The fourth-order valence-electron chi connectivity index (χ4n) is 9.50. The molecule has 0 amide bonds. The second-order valence-electron chi connectivity index (χ2n) is 14.8. The molecule has 1 heteroatoms. The molecule has 0 aliphatic carbocycles. The minimum absolute atomic E-state index is 1.12. The van der Waals surface area contributed by atoms with Crippen LogP contribution in [0.5, 0.6) is 0 Å². The SMILES string of the molecule is c1ccc(N(c2ccc(-c3cc4ccccc4c4ccccc34)cc2)c2cc3ccc4cccc5c6cccc7ccc8cccc(c(c2)c3c45)c8c76)cc1. The van der Waals surface area contributed by atoms with Gasteiger partial charge in [0.2, 0.25) is 0 Å². The van der Waals surface area contributed by atoms with E-state index in [9.17, 15) is 0 Å². The van der Waals surface area contributed by atoms with Gasteiger partial charge in [0.25, 0.3) is 0 Å². The van der Waals surface area contributed by atoms with Crippen LogP contribution in [0, 0.1) is 0 Å². The lowest BCUT2D eigenvalue weighted by molar-refractivity contribution is 1.29. The predicted octanol–water partition coefficient (Wildman–Crippen LogP) is 15.5. The summed E-state index contributed by atoms with van der Waals surface area (Å²) < 4.78 is 0. The summed E-state index contributed by atoms with van der Waals surface area (Å²) in [5.74, 6) is 0. The molecule has 0 heterocycles. The molecule has 0 spiro atoms. The number of fused-ring (bicyclic) bond motifs is 5. The zero-order valence-corrected chi connectivity index (χ0v) is 30.0. The Labute approximate surface area is 318 Å². The smallest absolute Gasteiger partial charge is 0.0474 e. The third-order valence-electron chi connectivity index (χ3n) is 11.9. The molecule has 12 aromatic carbocycles. The van der Waals surface area contributed by atoms with E-state index in [4.69, 9.17) is 0 Å². The van der Waals surface area contributed by atoms with Crippen LogP contribution >= 0.6 is 0 Å². The van der Waals surface area contributed by atoms with E-state index in [1.807, 2.05) is 0 Å². The van der Waals surface area contributed by atoms with Gasteiger partial charge < -0.3 is 4.90 Å². The third kappa shape index (κ3) is 4.48. The van der Waals surface area contributed by atoms with E-state index in [-0.39, 0.29) is 0 Å². The van der Waals surface area contributed by atoms with Crippen LogP contribution in [0.25, 0.3) is 97.3 Å². The Morgan fingerprint density at radius 1 is 0.236 bits per heavy atom. The Morgan fingerprint density at radius 2 is 0.709 bits per heavy atom. The van der Waals surface area contributed by atoms with Gasteiger partial charge in [-0.2, -0.15) is 0 Å². The summed E-state index contributed by atoms with van der Waals surface area (Å²) >= 11 is 0. The maximum absolute atomic E-state index is 2.44. The highest BCUT2D eigenvalue weighted by Crippen LogP contribution is 2.46. The van der Waals surface area contributed by atoms with Crippen LogP contribution in [0.15, 0.2) is 200 Å². The molecule has 0 unspecified atom stereocenters. The number of nitrogens with zero attached hydrogens (tertiary/aromatic N) is 1. The second-order valence-corrected chi connectivity index (χ2v) is 14.8. The topological polar surface area (TPSA) is 3.24 Å². The van der Waals surface area contributed by atoms with Crippen LogP contribution in [-0.4, -0.2) is 0 Å². The van der Waals surface area contributed by atoms with Crippen molar-refractivity contribution < 1.29 is 0 Å². The molecule has 0 N–H and O–H groups in total. The van der Waals surface area contributed by atoms with Gasteiger partial charge in [0, 0.05) is 17.1 Å². The fraction of sp³-hybridized carbons (Fsp3) is 0. The molecule has 0 aliphatic rings. The van der Waals surface area contributed by atoms with Gasteiger partial charge in [0.15, 0.2) is 0 Å². The van der Waals surface area contributed by atoms with Crippen molar-refractivity contribution in [2.24, 2.45) is 0 Å². The summed E-state index contributed by atoms with van der Waals surface area (Å²) in [4.78, 5) is 2.42. The average Bonchev–Trinajstić information content (AvgIpc) is 3.25. The molecule has 0 radical (unpaired) electrons. The maximum Gasteiger partial charge on any atom is 0.0474 e. The highest BCUT2D eigenvalue weighted by Gasteiger charge is 2.19. The molecular formula is C54H33N. The summed E-state index contributed by atoms with van der Waals surface area (Å²) in [6, 6.07) is 74.2. The highest BCUT2D eigenvalue weighted by molar-refractivity contribution is 6.37. The number of hydrogen-bond donors (Lipinski definition) is 0. The molecule has 0 fully saturated rings. The van der Waals surface area contributed by atoms with Crippen molar-refractivity contribution in [3.8, 4) is 11.1 Å². The van der Waals surface area contributed by atoms with E-state index in [2.05, 4.69) is 205 Å². The van der Waals surface area contributed by atoms with E-state index in [1.54, 1.807) is 0 Å². The van der Waals surface area contributed by atoms with Crippen molar-refractivity contribution in [1.29, 1.82) is 0 Å². The summed E-state index contributed by atoms with van der Waals surface area (Å²) in [5.41, 5.74) is 5.82. The second kappa shape index (κ2) is 11.6. The van der Waals surface area contributed by atoms with Gasteiger partial charge in [-0.1, -0.05) is 158 Å². The van der Waals surface area contributed by atoms with Crippen LogP contribution in [0.1, 0.15) is 0 Å². The number of hydrogen-bond acceptors (Lipinski definition) is 1. The van der Waals surface area contributed by atoms with E-state index in [1.165, 1.54) is 97.3 Å². The number of rotatable bonds is 4. The normalized spacial score (nSPS) is 12.0. The summed E-state index contributed by atoms with van der Waals surface area (Å²) in [6.45, 7) is 0. The van der Waals surface area contributed by atoms with E-state index in [0.29, 0.717) is 0 Å². The first-order valence-corrected chi connectivity index (χ1v) is 19.1. The first-order valence-electron chi connectivity index (χ1n) is 19.1. The minimum Gasteiger partial charge on any atom is -0.310 e. The van der Waals surface area contributed by atoms with Crippen molar-refractivity contribution in [2.45, 2.75) is 0 Å². The lowest BCUT2D eigenvalue weighted by Crippen LogP contribution is -2.10. The zero-order valence-electron chi connectivity index (χ0n) is 30.0. The monoisotopic (exact) mass is 695 g/mol. The molecule has 0 atom stereocenters. The molecule has 12 rings (SSSR count). The van der Waals surface area contributed by atoms with Crippen LogP contribution in [0.3, 0.4) is 0 Å². The van der Waals surface area contributed by atoms with Crippen molar-refractivity contribution >= 4 is 103 Å². The van der Waals surface area contributed by atoms with Crippen molar-refractivity contribution in [1.82, 2.24) is 0 Å². The highest BCUT2D eigenvalue weighted by atomic mass is 15.1. The molecule has 0 saturated heterocycles. The molecule has 0 saturated carbocycles. The summed E-state index contributed by atoms with van der Waals surface area (Å²) in [5, 5.41) is 20.5. The Kier molecular flexibility index (Phi) is 6.40. The van der Waals surface area contributed by atoms with Gasteiger partial charge in [0.1, 0.15) is 0 Å². The molecule has 12 aromatic rings. The number of anilines is 3. The number of benzene rings is 11. The standard InChI is InChI=1S/C54H33N/c1-2-15-40(16-3-1)55(41-29-27-34(28-30-41)49-32-38-11-4-5-17-43(38)44-18-6-7-19-45(44)49)42-31-39-26-25-37-13-9-21-47-46-20-8-12-35-23-24-36-14-10-22-48(53(36)51(35)46)50(33-42)54(39)52(37)47/h1-33H.